The summed E-state index contributed by atoms with van der Waals surface area (Å²) in [6.45, 7) is 5.99. The summed E-state index contributed by atoms with van der Waals surface area (Å²) in [5, 5.41) is 2.21. The van der Waals surface area contributed by atoms with Crippen LogP contribution in [0.3, 0.4) is 0 Å². The molecule has 1 fully saturated rings. The number of allylic oxidation sites excluding steroid dienone is 1. The van der Waals surface area contributed by atoms with E-state index in [1.165, 1.54) is 34.0 Å². The zero-order chi connectivity index (χ0) is 44.4. The number of likely N-dealkylation sites (N-methyl/N-ethyl adjacent to an activating group) is 1. The maximum Gasteiger partial charge on any atom is 0.263 e. The molecule has 1 unspecified atom stereocenters. The second-order valence-electron chi connectivity index (χ2n) is 14.8. The molecule has 1 saturated heterocycles. The number of thioether (sulfide) groups is 1. The Morgan fingerprint density at radius 2 is 1.30 bits per heavy atom. The highest BCUT2D eigenvalue weighted by molar-refractivity contribution is 7.99. The Hall–Kier alpha value is -5.64. The maximum absolute atomic E-state index is 13.2. The van der Waals surface area contributed by atoms with Crippen LogP contribution in [0.2, 0.25) is 0 Å². The molecular weight excluding hydrogens is 823 g/mol. The first-order valence-corrected chi connectivity index (χ1v) is 22.3. The Morgan fingerprint density at radius 1 is 0.698 bits per heavy atom. The van der Waals surface area contributed by atoms with Gasteiger partial charge in [-0.25, -0.2) is 0 Å². The summed E-state index contributed by atoms with van der Waals surface area (Å²) in [5.41, 5.74) is 6.50. The lowest BCUT2D eigenvalue weighted by Gasteiger charge is -2.27. The Labute approximate surface area is 373 Å². The van der Waals surface area contributed by atoms with Crippen LogP contribution in [0.4, 0.5) is 0 Å². The molecule has 0 radical (unpaired) electrons. The zero-order valence-corrected chi connectivity index (χ0v) is 36.7. The molecule has 6 rings (SSSR count). The predicted octanol–water partition coefficient (Wildman–Crippen LogP) is 6.54. The number of hydrogen-bond acceptors (Lipinski definition) is 11. The Kier molecular flexibility index (Phi) is 18.1. The molecule has 0 saturated carbocycles. The minimum absolute atomic E-state index is 0.0248. The van der Waals surface area contributed by atoms with Crippen molar-refractivity contribution in [2.45, 2.75) is 43.5 Å². The lowest BCUT2D eigenvalue weighted by molar-refractivity contribution is -0.136. The third-order valence-corrected chi connectivity index (χ3v) is 11.6. The maximum atomic E-state index is 13.2. The van der Waals surface area contributed by atoms with Gasteiger partial charge < -0.3 is 28.6 Å². The first-order valence-electron chi connectivity index (χ1n) is 21.4. The third kappa shape index (κ3) is 13.0. The summed E-state index contributed by atoms with van der Waals surface area (Å²) in [5.74, 6) is -0.842. The van der Waals surface area contributed by atoms with Crippen LogP contribution in [0, 0.1) is 0 Å². The molecule has 332 valence electrons. The summed E-state index contributed by atoms with van der Waals surface area (Å²) in [6, 6.07) is 33.1. The molecule has 2 aliphatic heterocycles. The highest BCUT2D eigenvalue weighted by Crippen LogP contribution is 2.36. The number of ether oxygens (including phenoxy) is 5. The highest BCUT2D eigenvalue weighted by Gasteiger charge is 2.45. The van der Waals surface area contributed by atoms with E-state index in [2.05, 4.69) is 72.9 Å². The molecule has 0 aliphatic carbocycles. The first-order chi connectivity index (χ1) is 30.8. The van der Waals surface area contributed by atoms with Crippen molar-refractivity contribution < 1.29 is 47.7 Å². The molecule has 14 heteroatoms. The smallest absolute Gasteiger partial charge is 0.263 e. The monoisotopic (exact) mass is 877 g/mol. The number of imide groups is 2. The topological polar surface area (TPSA) is 150 Å². The van der Waals surface area contributed by atoms with Gasteiger partial charge in [0.05, 0.1) is 76.9 Å². The molecule has 63 heavy (non-hydrogen) atoms. The normalized spacial score (nSPS) is 15.3. The lowest BCUT2D eigenvalue weighted by atomic mass is 9.88. The van der Waals surface area contributed by atoms with E-state index in [1.807, 2.05) is 24.3 Å². The molecule has 13 nitrogen and oxygen atoms in total. The van der Waals surface area contributed by atoms with Gasteiger partial charge in [-0.15, -0.1) is 11.8 Å². The minimum Gasteiger partial charge on any atom is -0.492 e. The fourth-order valence-electron chi connectivity index (χ4n) is 7.35. The van der Waals surface area contributed by atoms with Crippen LogP contribution < -0.4 is 10.1 Å². The highest BCUT2D eigenvalue weighted by atomic mass is 32.2. The van der Waals surface area contributed by atoms with Gasteiger partial charge in [-0.05, 0) is 64.9 Å². The van der Waals surface area contributed by atoms with E-state index in [0.717, 1.165) is 22.6 Å². The van der Waals surface area contributed by atoms with Gasteiger partial charge in [0.2, 0.25) is 17.7 Å². The molecule has 2 aliphatic rings. The molecule has 0 bridgehead atoms. The quantitative estimate of drug-likeness (QED) is 0.0335. The van der Waals surface area contributed by atoms with Crippen molar-refractivity contribution in [1.82, 2.24) is 15.1 Å². The largest absolute Gasteiger partial charge is 0.492 e. The number of carbonyl (C=O) groups is 5. The zero-order valence-electron chi connectivity index (χ0n) is 35.9. The number of hydrogen-bond donors (Lipinski definition) is 1. The molecule has 4 aromatic rings. The van der Waals surface area contributed by atoms with Gasteiger partial charge in [-0.2, -0.15) is 0 Å². The number of nitrogens with zero attached hydrogens (tertiary/aromatic N) is 2. The van der Waals surface area contributed by atoms with Gasteiger partial charge in [0.25, 0.3) is 11.8 Å². The molecule has 1 atom stereocenters. The van der Waals surface area contributed by atoms with Crippen LogP contribution in [-0.4, -0.2) is 124 Å². The van der Waals surface area contributed by atoms with E-state index in [4.69, 9.17) is 23.7 Å². The number of rotatable bonds is 25. The van der Waals surface area contributed by atoms with Gasteiger partial charge >= 0.3 is 0 Å². The summed E-state index contributed by atoms with van der Waals surface area (Å²) in [6.07, 6.45) is 1.33. The van der Waals surface area contributed by atoms with Crippen LogP contribution in [0.1, 0.15) is 70.0 Å². The van der Waals surface area contributed by atoms with Crippen LogP contribution in [0.25, 0.3) is 11.1 Å². The van der Waals surface area contributed by atoms with Crippen molar-refractivity contribution in [3.05, 3.63) is 131 Å². The van der Waals surface area contributed by atoms with Crippen molar-refractivity contribution in [3.63, 3.8) is 0 Å². The SMILES string of the molecule is CC/C(=C(\c1ccccc1)c1ccc(OCCN(C)C(=O)CCOCCOCCOCCOCCSc2cccc3c2C(=O)N(C2CCC(=O)NC2=O)C3=O)cc1)c1ccccc1. The molecule has 2 heterocycles. The van der Waals surface area contributed by atoms with Gasteiger partial charge in [0.15, 0.2) is 0 Å². The van der Waals surface area contributed by atoms with Crippen molar-refractivity contribution >= 4 is 52.4 Å². The van der Waals surface area contributed by atoms with E-state index in [0.29, 0.717) is 76.7 Å². The van der Waals surface area contributed by atoms with Crippen molar-refractivity contribution in [2.75, 3.05) is 78.8 Å². The molecule has 0 spiro atoms. The lowest BCUT2D eigenvalue weighted by Crippen LogP contribution is -2.54. The van der Waals surface area contributed by atoms with E-state index >= 15 is 0 Å². The van der Waals surface area contributed by atoms with Crippen LogP contribution in [0.5, 0.6) is 5.75 Å². The molecule has 5 amide bonds. The second kappa shape index (κ2) is 24.3. The number of benzene rings is 4. The van der Waals surface area contributed by atoms with Gasteiger partial charge in [-0.1, -0.05) is 85.8 Å². The van der Waals surface area contributed by atoms with Crippen molar-refractivity contribution in [2.24, 2.45) is 0 Å². The third-order valence-electron chi connectivity index (χ3n) is 10.6. The van der Waals surface area contributed by atoms with Crippen molar-refractivity contribution in [1.29, 1.82) is 0 Å². The van der Waals surface area contributed by atoms with Crippen LogP contribution >= 0.6 is 11.8 Å². The Morgan fingerprint density at radius 3 is 1.94 bits per heavy atom. The summed E-state index contributed by atoms with van der Waals surface area (Å²) >= 11 is 1.39. The standard InChI is InChI=1S/C49H55N3O10S/c1-3-39(35-11-6-4-7-12-35)45(36-13-8-5-9-14-36)37-17-19-38(20-18-37)62-26-24-51(2)44(54)23-25-58-27-28-59-29-30-60-31-32-61-33-34-63-42-16-10-15-40-46(42)49(57)52(48(40)56)41-21-22-43(53)50-47(41)55/h4-20,41H,3,21-34H2,1-2H3,(H,50,53,55)/b45-39-. The first kappa shape index (κ1) is 46.9. The fourth-order valence-corrected chi connectivity index (χ4v) is 8.29. The van der Waals surface area contributed by atoms with Crippen LogP contribution in [-0.2, 0) is 33.3 Å². The fraction of sp³-hybridized carbons (Fsp3) is 0.367. The van der Waals surface area contributed by atoms with E-state index in [-0.39, 0.29) is 36.3 Å². The average molecular weight is 878 g/mol. The summed E-state index contributed by atoms with van der Waals surface area (Å²) in [7, 11) is 1.76. The number of fused-ring (bicyclic) bond motifs is 1. The number of carbonyl (C=O) groups excluding carboxylic acids is 5. The van der Waals surface area contributed by atoms with Gasteiger partial charge in [0.1, 0.15) is 18.4 Å². The number of amides is 5. The van der Waals surface area contributed by atoms with Gasteiger partial charge in [0, 0.05) is 24.1 Å². The Bertz CT molecular complexity index is 2200. The number of piperidine rings is 1. The predicted molar refractivity (Wildman–Crippen MR) is 240 cm³/mol. The molecular formula is C49H55N3O10S. The van der Waals surface area contributed by atoms with E-state index in [1.54, 1.807) is 30.1 Å². The second-order valence-corrected chi connectivity index (χ2v) is 15.9. The summed E-state index contributed by atoms with van der Waals surface area (Å²) in [4.78, 5) is 66.1. The molecule has 1 N–H and O–H groups in total. The summed E-state index contributed by atoms with van der Waals surface area (Å²) < 4.78 is 28.4. The Balaban J connectivity index is 0.777. The molecule has 4 aromatic carbocycles. The van der Waals surface area contributed by atoms with E-state index in [9.17, 15) is 24.0 Å². The molecule has 0 aromatic heterocycles. The average Bonchev–Trinajstić information content (AvgIpc) is 3.56. The van der Waals surface area contributed by atoms with Crippen molar-refractivity contribution in [3.8, 4) is 5.75 Å². The van der Waals surface area contributed by atoms with Crippen LogP contribution in [0.15, 0.2) is 108 Å². The minimum atomic E-state index is -1.00. The number of nitrogens with one attached hydrogen (secondary N) is 1. The van der Waals surface area contributed by atoms with Gasteiger partial charge in [-0.3, -0.25) is 34.2 Å². The van der Waals surface area contributed by atoms with E-state index < -0.39 is 29.7 Å².